The fourth-order valence-corrected chi connectivity index (χ4v) is 5.32. The fourth-order valence-electron chi connectivity index (χ4n) is 5.32. The van der Waals surface area contributed by atoms with E-state index < -0.39 is 30.1 Å². The zero-order chi connectivity index (χ0) is 28.2. The molecule has 0 spiro atoms. The molecule has 1 heterocycles. The fraction of sp³-hybridized carbons (Fsp3) is 0.533. The van der Waals surface area contributed by atoms with Crippen LogP contribution in [0, 0.1) is 22.0 Å². The summed E-state index contributed by atoms with van der Waals surface area (Å²) in [5.74, 6) is -1.20. The number of nitrogens with zero attached hydrogens (tertiary/aromatic N) is 1. The largest absolute Gasteiger partial charge is 0.469 e. The van der Waals surface area contributed by atoms with E-state index >= 15 is 0 Å². The van der Waals surface area contributed by atoms with Gasteiger partial charge in [0.15, 0.2) is 0 Å². The van der Waals surface area contributed by atoms with E-state index in [0.29, 0.717) is 32.4 Å². The van der Waals surface area contributed by atoms with E-state index in [2.05, 4.69) is 15.4 Å². The van der Waals surface area contributed by atoms with Crippen molar-refractivity contribution in [3.05, 3.63) is 81.9 Å². The van der Waals surface area contributed by atoms with Gasteiger partial charge in [-0.2, -0.15) is 0 Å². The van der Waals surface area contributed by atoms with Crippen molar-refractivity contribution in [3.8, 4) is 0 Å². The van der Waals surface area contributed by atoms with E-state index in [1.54, 1.807) is 0 Å². The Hall–Kier alpha value is -3.30. The molecule has 2 aromatic rings. The van der Waals surface area contributed by atoms with Crippen LogP contribution in [0.2, 0.25) is 0 Å². The van der Waals surface area contributed by atoms with Crippen molar-refractivity contribution in [3.63, 3.8) is 0 Å². The monoisotopic (exact) mass is 539 g/mol. The molecule has 1 amide bonds. The van der Waals surface area contributed by atoms with Crippen molar-refractivity contribution in [1.29, 1.82) is 0 Å². The summed E-state index contributed by atoms with van der Waals surface area (Å²) in [5, 5.41) is 18.9. The summed E-state index contributed by atoms with van der Waals surface area (Å²) in [5.41, 5.74) is 1.75. The highest BCUT2D eigenvalue weighted by atomic mass is 16.6. The molecule has 2 N–H and O–H groups in total. The number of amides is 1. The lowest BCUT2D eigenvalue weighted by atomic mass is 9.80. The van der Waals surface area contributed by atoms with Gasteiger partial charge in [0, 0.05) is 17.9 Å². The van der Waals surface area contributed by atoms with Crippen LogP contribution in [0.3, 0.4) is 0 Å². The van der Waals surface area contributed by atoms with Gasteiger partial charge in [0.2, 0.25) is 11.9 Å². The van der Waals surface area contributed by atoms with Gasteiger partial charge in [0.1, 0.15) is 6.04 Å². The highest BCUT2D eigenvalue weighted by Crippen LogP contribution is 2.39. The predicted molar refractivity (Wildman–Crippen MR) is 148 cm³/mol. The molecule has 2 aromatic carbocycles. The number of benzene rings is 2. The number of methoxy groups -OCH3 is 1. The molecule has 1 saturated heterocycles. The molecule has 0 aliphatic carbocycles. The number of nitro groups is 1. The van der Waals surface area contributed by atoms with E-state index in [1.165, 1.54) is 7.11 Å². The second-order valence-electron chi connectivity index (χ2n) is 10.2. The Bertz CT molecular complexity index is 1050. The van der Waals surface area contributed by atoms with Gasteiger partial charge in [-0.05, 0) is 29.9 Å². The zero-order valence-electron chi connectivity index (χ0n) is 23.1. The maximum Gasteiger partial charge on any atom is 0.305 e. The average Bonchev–Trinajstić information content (AvgIpc) is 3.36. The van der Waals surface area contributed by atoms with Crippen molar-refractivity contribution in [2.45, 2.75) is 76.8 Å². The lowest BCUT2D eigenvalue weighted by Crippen LogP contribution is -2.51. The maximum absolute atomic E-state index is 13.6. The molecule has 1 aliphatic rings. The van der Waals surface area contributed by atoms with Crippen LogP contribution in [-0.4, -0.2) is 48.6 Å². The maximum atomic E-state index is 13.6. The Morgan fingerprint density at radius 2 is 1.72 bits per heavy atom. The van der Waals surface area contributed by atoms with Gasteiger partial charge < -0.3 is 14.8 Å². The quantitative estimate of drug-likeness (QED) is 0.149. The first-order valence-corrected chi connectivity index (χ1v) is 13.8. The molecule has 0 unspecified atom stereocenters. The first-order valence-electron chi connectivity index (χ1n) is 13.8. The first-order chi connectivity index (χ1) is 18.9. The van der Waals surface area contributed by atoms with Gasteiger partial charge in [-0.15, -0.1) is 0 Å². The molecule has 0 aromatic heterocycles. The molecule has 0 bridgehead atoms. The molecule has 212 valence electrons. The van der Waals surface area contributed by atoms with Gasteiger partial charge >= 0.3 is 5.97 Å². The average molecular weight is 540 g/mol. The molecular weight excluding hydrogens is 498 g/mol. The Labute approximate surface area is 230 Å². The molecule has 3 rings (SSSR count). The lowest BCUT2D eigenvalue weighted by molar-refractivity contribution is -0.535. The van der Waals surface area contributed by atoms with Crippen LogP contribution in [0.4, 0.5) is 0 Å². The summed E-state index contributed by atoms with van der Waals surface area (Å²) in [6.45, 7) is 4.79. The Kier molecular flexibility index (Phi) is 11.9. The van der Waals surface area contributed by atoms with E-state index in [0.717, 1.165) is 24.0 Å². The molecule has 6 atom stereocenters. The lowest BCUT2D eigenvalue weighted by Gasteiger charge is -2.32. The summed E-state index contributed by atoms with van der Waals surface area (Å²) < 4.78 is 11.1. The van der Waals surface area contributed by atoms with Crippen molar-refractivity contribution < 1.29 is 24.0 Å². The standard InChI is InChI=1S/C30H41N3O6/c1-4-21(2)29(39-20-22-14-8-5-9-15-22)25-27(30(35)31-19-13-7-12-18-24(34)38-3)32-26(28(25)33(36)37)23-16-10-6-11-17-23/h5-6,8-11,14-17,21,25-29,32H,4,7,12-13,18-20H2,1-3H3,(H,31,35)/t21-,25+,26-,27-,28-,29+/m0/s1. The van der Waals surface area contributed by atoms with Crippen molar-refractivity contribution in [2.75, 3.05) is 13.7 Å². The number of ether oxygens (including phenoxy) is 2. The zero-order valence-corrected chi connectivity index (χ0v) is 23.1. The predicted octanol–water partition coefficient (Wildman–Crippen LogP) is 4.44. The van der Waals surface area contributed by atoms with Crippen molar-refractivity contribution in [2.24, 2.45) is 11.8 Å². The van der Waals surface area contributed by atoms with Crippen LogP contribution >= 0.6 is 0 Å². The second-order valence-corrected chi connectivity index (χ2v) is 10.2. The van der Waals surface area contributed by atoms with Crippen LogP contribution in [0.1, 0.15) is 63.1 Å². The molecule has 0 radical (unpaired) electrons. The SMILES string of the molecule is CC[C@H](C)[C@@H](OCc1ccccc1)[C@H]1[C@H]([N+](=O)[O-])[C@H](c2ccccc2)N[C@@H]1C(=O)NCCCCCC(=O)OC. The highest BCUT2D eigenvalue weighted by Gasteiger charge is 2.57. The number of carbonyl (C=O) groups excluding carboxylic acids is 2. The molecule has 0 saturated carbocycles. The first kappa shape index (κ1) is 30.2. The van der Waals surface area contributed by atoms with Gasteiger partial charge in [-0.25, -0.2) is 0 Å². The summed E-state index contributed by atoms with van der Waals surface area (Å²) in [6, 6.07) is 16.5. The summed E-state index contributed by atoms with van der Waals surface area (Å²) in [7, 11) is 1.37. The number of esters is 1. The number of hydrogen-bond acceptors (Lipinski definition) is 7. The molecule has 39 heavy (non-hydrogen) atoms. The smallest absolute Gasteiger partial charge is 0.305 e. The number of hydrogen-bond donors (Lipinski definition) is 2. The topological polar surface area (TPSA) is 120 Å². The van der Waals surface area contributed by atoms with Crippen molar-refractivity contribution in [1.82, 2.24) is 10.6 Å². The minimum atomic E-state index is -1.04. The normalized spacial score (nSPS) is 22.1. The molecule has 9 heteroatoms. The number of rotatable bonds is 15. The number of nitrogens with one attached hydrogen (secondary N) is 2. The van der Waals surface area contributed by atoms with E-state index in [1.807, 2.05) is 74.5 Å². The van der Waals surface area contributed by atoms with Crippen molar-refractivity contribution >= 4 is 11.9 Å². The number of unbranched alkanes of at least 4 members (excludes halogenated alkanes) is 2. The third-order valence-corrected chi connectivity index (χ3v) is 7.62. The summed E-state index contributed by atoms with van der Waals surface area (Å²) in [4.78, 5) is 37.2. The Morgan fingerprint density at radius 3 is 2.33 bits per heavy atom. The minimum absolute atomic E-state index is 0.00823. The summed E-state index contributed by atoms with van der Waals surface area (Å²) >= 11 is 0. The molecule has 9 nitrogen and oxygen atoms in total. The Balaban J connectivity index is 1.82. The van der Waals surface area contributed by atoms with E-state index in [9.17, 15) is 19.7 Å². The minimum Gasteiger partial charge on any atom is -0.469 e. The molecule has 1 aliphatic heterocycles. The highest BCUT2D eigenvalue weighted by molar-refractivity contribution is 5.83. The van der Waals surface area contributed by atoms with Gasteiger partial charge in [-0.1, -0.05) is 87.4 Å². The third-order valence-electron chi connectivity index (χ3n) is 7.62. The van der Waals surface area contributed by atoms with Crippen LogP contribution in [0.15, 0.2) is 60.7 Å². The van der Waals surface area contributed by atoms with E-state index in [-0.39, 0.29) is 22.7 Å². The van der Waals surface area contributed by atoms with Gasteiger partial charge in [0.25, 0.3) is 0 Å². The van der Waals surface area contributed by atoms with E-state index in [4.69, 9.17) is 4.74 Å². The summed E-state index contributed by atoms with van der Waals surface area (Å²) in [6.07, 6.45) is 2.72. The van der Waals surface area contributed by atoms with Crippen LogP contribution in [-0.2, 0) is 25.7 Å². The van der Waals surface area contributed by atoms with Gasteiger partial charge in [0.05, 0.1) is 31.8 Å². The van der Waals surface area contributed by atoms with Crippen LogP contribution in [0.5, 0.6) is 0 Å². The molecule has 1 fully saturated rings. The molecular formula is C30H41N3O6. The number of carbonyl (C=O) groups is 2. The second kappa shape index (κ2) is 15.3. The van der Waals surface area contributed by atoms with Gasteiger partial charge in [-0.3, -0.25) is 25.0 Å². The third kappa shape index (κ3) is 8.34. The van der Waals surface area contributed by atoms with Crippen LogP contribution in [0.25, 0.3) is 0 Å². The van der Waals surface area contributed by atoms with Crippen LogP contribution < -0.4 is 10.6 Å². The Morgan fingerprint density at radius 1 is 1.05 bits per heavy atom.